The van der Waals surface area contributed by atoms with Crippen LogP contribution in [-0.2, 0) is 4.74 Å². The molecular formula is C21H19ClFN5O4S. The number of amides is 1. The number of aromatic nitrogens is 4. The molecule has 33 heavy (non-hydrogen) atoms. The second-order valence-electron chi connectivity index (χ2n) is 7.77. The molecule has 0 unspecified atom stereocenters. The zero-order valence-corrected chi connectivity index (χ0v) is 19.2. The quantitative estimate of drug-likeness (QED) is 0.514. The summed E-state index contributed by atoms with van der Waals surface area (Å²) in [5.74, 6) is -1.20. The fraction of sp³-hybridized carbons (Fsp3) is 0.381. The van der Waals surface area contributed by atoms with Gasteiger partial charge in [-0.3, -0.25) is 15.1 Å². The molecule has 0 saturated carbocycles. The third-order valence-electron chi connectivity index (χ3n) is 5.65. The first-order valence-electron chi connectivity index (χ1n) is 10.2. The predicted molar refractivity (Wildman–Crippen MR) is 119 cm³/mol. The van der Waals surface area contributed by atoms with Gasteiger partial charge in [-0.2, -0.15) is 0 Å². The van der Waals surface area contributed by atoms with E-state index in [1.807, 2.05) is 0 Å². The summed E-state index contributed by atoms with van der Waals surface area (Å²) >= 11 is 7.00. The second kappa shape index (κ2) is 8.81. The van der Waals surface area contributed by atoms with Crippen molar-refractivity contribution in [2.45, 2.75) is 44.5 Å². The van der Waals surface area contributed by atoms with Gasteiger partial charge in [0, 0.05) is 23.9 Å². The first kappa shape index (κ1) is 21.9. The first-order valence-corrected chi connectivity index (χ1v) is 11.4. The Hall–Kier alpha value is -2.89. The number of fused-ring (bicyclic) bond motifs is 2. The number of anilines is 1. The van der Waals surface area contributed by atoms with E-state index >= 15 is 0 Å². The van der Waals surface area contributed by atoms with Crippen molar-refractivity contribution in [1.82, 2.24) is 20.2 Å². The summed E-state index contributed by atoms with van der Waals surface area (Å²) in [4.78, 5) is 21.0. The maximum absolute atomic E-state index is 14.9. The van der Waals surface area contributed by atoms with Crippen molar-refractivity contribution >= 4 is 34.0 Å². The van der Waals surface area contributed by atoms with E-state index in [2.05, 4.69) is 25.5 Å². The maximum atomic E-state index is 14.9. The second-order valence-corrected chi connectivity index (χ2v) is 9.07. The van der Waals surface area contributed by atoms with Crippen LogP contribution in [0.25, 0.3) is 11.1 Å². The van der Waals surface area contributed by atoms with Crippen molar-refractivity contribution in [3.8, 4) is 22.1 Å². The Bertz CT molecular complexity index is 1230. The lowest BCUT2D eigenvalue weighted by Gasteiger charge is -2.17. The van der Waals surface area contributed by atoms with E-state index in [0.717, 1.165) is 30.6 Å². The third-order valence-corrected chi connectivity index (χ3v) is 6.64. The van der Waals surface area contributed by atoms with Crippen LogP contribution in [0.2, 0.25) is 5.15 Å². The topological polar surface area (TPSA) is 108 Å². The summed E-state index contributed by atoms with van der Waals surface area (Å²) in [6, 6.07) is 1.58. The zero-order valence-electron chi connectivity index (χ0n) is 17.7. The highest BCUT2D eigenvalue weighted by molar-refractivity contribution is 7.17. The molecule has 5 rings (SSSR count). The van der Waals surface area contributed by atoms with Crippen LogP contribution >= 0.6 is 22.9 Å². The van der Waals surface area contributed by atoms with Crippen LogP contribution < -0.4 is 14.8 Å². The number of nitrogens with one attached hydrogen (secondary N) is 1. The highest BCUT2D eigenvalue weighted by atomic mass is 35.5. The molecule has 9 nitrogen and oxygen atoms in total. The minimum atomic E-state index is -0.796. The fourth-order valence-electron chi connectivity index (χ4n) is 4.12. The molecule has 2 aliphatic rings. The van der Waals surface area contributed by atoms with Crippen molar-refractivity contribution in [2.24, 2.45) is 0 Å². The molecule has 0 spiro atoms. The summed E-state index contributed by atoms with van der Waals surface area (Å²) in [7, 11) is 1.38. The van der Waals surface area contributed by atoms with E-state index in [4.69, 9.17) is 25.8 Å². The number of hydrogen-bond acceptors (Lipinski definition) is 9. The van der Waals surface area contributed by atoms with Gasteiger partial charge in [0.2, 0.25) is 5.13 Å². The number of aryl methyl sites for hydroxylation is 1. The lowest BCUT2D eigenvalue weighted by molar-refractivity contribution is 0.0636. The van der Waals surface area contributed by atoms with Crippen molar-refractivity contribution in [1.29, 1.82) is 0 Å². The van der Waals surface area contributed by atoms with Crippen LogP contribution in [0.5, 0.6) is 10.9 Å². The lowest BCUT2D eigenvalue weighted by atomic mass is 9.98. The van der Waals surface area contributed by atoms with Gasteiger partial charge in [-0.1, -0.05) is 16.7 Å². The Morgan fingerprint density at radius 1 is 1.30 bits per heavy atom. The molecule has 0 radical (unpaired) electrons. The van der Waals surface area contributed by atoms with Gasteiger partial charge >= 0.3 is 0 Å². The molecule has 0 aromatic carbocycles. The molecule has 0 aliphatic carbocycles. The van der Waals surface area contributed by atoms with Crippen molar-refractivity contribution < 1.29 is 23.4 Å². The van der Waals surface area contributed by atoms with Gasteiger partial charge in [-0.15, -0.1) is 5.10 Å². The summed E-state index contributed by atoms with van der Waals surface area (Å²) in [5, 5.41) is 10.9. The number of halogens is 2. The first-order chi connectivity index (χ1) is 15.9. The standard InChI is InChI=1S/C21H19ClFN5O4S/c1-9-5-11(16-15(30-2)8-25-18(22)17(16)23)12(7-24-9)19(29)26-20-27-28-21(33-20)32-14-6-10-3-4-13(14)31-10/h5,7-8,10,13-14H,3-4,6H2,1-2H3,(H,26,27,29)/t10-,13+,14-/m1/s1. The summed E-state index contributed by atoms with van der Waals surface area (Å²) < 4.78 is 31.9. The SMILES string of the molecule is COc1cnc(Cl)c(F)c1-c1cc(C)ncc1C(=O)Nc1nnc(O[C@@H]2C[C@H]3CC[C@@H]2O3)s1. The summed E-state index contributed by atoms with van der Waals surface area (Å²) in [6.07, 6.45) is 5.79. The van der Waals surface area contributed by atoms with Crippen LogP contribution in [0.4, 0.5) is 9.52 Å². The van der Waals surface area contributed by atoms with Crippen molar-refractivity contribution in [2.75, 3.05) is 12.4 Å². The lowest BCUT2D eigenvalue weighted by Crippen LogP contribution is -2.28. The largest absolute Gasteiger partial charge is 0.494 e. The van der Waals surface area contributed by atoms with Crippen molar-refractivity contribution in [3.05, 3.63) is 40.7 Å². The highest BCUT2D eigenvalue weighted by Gasteiger charge is 2.42. The number of nitrogens with zero attached hydrogens (tertiary/aromatic N) is 4. The Kier molecular flexibility index (Phi) is 5.85. The van der Waals surface area contributed by atoms with Crippen LogP contribution in [0.15, 0.2) is 18.5 Å². The predicted octanol–water partition coefficient (Wildman–Crippen LogP) is 4.06. The number of carbonyl (C=O) groups is 1. The molecule has 2 saturated heterocycles. The number of pyridine rings is 2. The maximum Gasteiger partial charge on any atom is 0.296 e. The van der Waals surface area contributed by atoms with E-state index in [0.29, 0.717) is 10.9 Å². The third kappa shape index (κ3) is 4.23. The minimum Gasteiger partial charge on any atom is -0.494 e. The molecule has 3 atom stereocenters. The van der Waals surface area contributed by atoms with Gasteiger partial charge in [0.25, 0.3) is 11.1 Å². The van der Waals surface area contributed by atoms with Crippen LogP contribution in [0.1, 0.15) is 35.3 Å². The fourth-order valence-corrected chi connectivity index (χ4v) is 4.91. The molecule has 1 amide bonds. The molecule has 12 heteroatoms. The van der Waals surface area contributed by atoms with Crippen molar-refractivity contribution in [3.63, 3.8) is 0 Å². The van der Waals surface area contributed by atoms with Gasteiger partial charge in [-0.25, -0.2) is 9.37 Å². The van der Waals surface area contributed by atoms with E-state index in [9.17, 15) is 9.18 Å². The zero-order chi connectivity index (χ0) is 23.1. The summed E-state index contributed by atoms with van der Waals surface area (Å²) in [6.45, 7) is 1.73. The Labute approximate surface area is 197 Å². The van der Waals surface area contributed by atoms with E-state index in [1.165, 1.54) is 19.5 Å². The molecule has 1 N–H and O–H groups in total. The molecule has 172 valence electrons. The number of ether oxygens (including phenoxy) is 3. The Morgan fingerprint density at radius 3 is 2.88 bits per heavy atom. The molecule has 3 aromatic heterocycles. The average molecular weight is 492 g/mol. The highest BCUT2D eigenvalue weighted by Crippen LogP contribution is 2.39. The number of methoxy groups -OCH3 is 1. The van der Waals surface area contributed by atoms with E-state index in [1.54, 1.807) is 13.0 Å². The van der Waals surface area contributed by atoms with E-state index < -0.39 is 11.7 Å². The number of rotatable bonds is 6. The summed E-state index contributed by atoms with van der Waals surface area (Å²) in [5.41, 5.74) is 0.972. The molecule has 2 aliphatic heterocycles. The molecule has 2 bridgehead atoms. The number of carbonyl (C=O) groups excluding carboxylic acids is 1. The van der Waals surface area contributed by atoms with E-state index in [-0.39, 0.29) is 51.0 Å². The van der Waals surface area contributed by atoms with Gasteiger partial charge in [0.15, 0.2) is 11.0 Å². The normalized spacial score (nSPS) is 21.3. The smallest absolute Gasteiger partial charge is 0.296 e. The molecular weight excluding hydrogens is 473 g/mol. The Morgan fingerprint density at radius 2 is 2.15 bits per heavy atom. The van der Waals surface area contributed by atoms with Crippen LogP contribution in [0, 0.1) is 12.7 Å². The van der Waals surface area contributed by atoms with Gasteiger partial charge in [0.05, 0.1) is 36.6 Å². The van der Waals surface area contributed by atoms with Crippen LogP contribution in [-0.4, -0.2) is 51.5 Å². The van der Waals surface area contributed by atoms with Gasteiger partial charge < -0.3 is 14.2 Å². The average Bonchev–Trinajstić information content (AvgIpc) is 3.53. The molecule has 5 heterocycles. The van der Waals surface area contributed by atoms with Crippen LogP contribution in [0.3, 0.4) is 0 Å². The van der Waals surface area contributed by atoms with Gasteiger partial charge in [-0.05, 0) is 37.2 Å². The molecule has 2 fully saturated rings. The monoisotopic (exact) mass is 491 g/mol. The molecule has 3 aromatic rings. The minimum absolute atomic E-state index is 0.0192. The van der Waals surface area contributed by atoms with Gasteiger partial charge in [0.1, 0.15) is 11.9 Å². The number of hydrogen-bond donors (Lipinski definition) is 1. The Balaban J connectivity index is 1.39.